The zero-order valence-electron chi connectivity index (χ0n) is 18.5. The van der Waals surface area contributed by atoms with Gasteiger partial charge in [0.25, 0.3) is 0 Å². The Morgan fingerprint density at radius 2 is 1.90 bits per heavy atom. The van der Waals surface area contributed by atoms with Gasteiger partial charge in [0.05, 0.1) is 19.3 Å². The molecule has 0 spiro atoms. The van der Waals surface area contributed by atoms with Gasteiger partial charge >= 0.3 is 0 Å². The van der Waals surface area contributed by atoms with E-state index in [0.717, 1.165) is 58.4 Å². The number of hydrogen-bond acceptors (Lipinski definition) is 4. The van der Waals surface area contributed by atoms with Crippen molar-refractivity contribution in [3.8, 4) is 0 Å². The summed E-state index contributed by atoms with van der Waals surface area (Å²) in [5, 5.41) is 7.03. The molecule has 2 heterocycles. The van der Waals surface area contributed by atoms with Crippen LogP contribution >= 0.6 is 0 Å². The van der Waals surface area contributed by atoms with E-state index < -0.39 is 0 Å². The van der Waals surface area contributed by atoms with Crippen molar-refractivity contribution in [2.24, 2.45) is 16.3 Å². The van der Waals surface area contributed by atoms with E-state index in [1.54, 1.807) is 0 Å². The van der Waals surface area contributed by atoms with E-state index in [0.29, 0.717) is 5.92 Å². The molecule has 0 bridgehead atoms. The number of nitrogens with zero attached hydrogens (tertiary/aromatic N) is 2. The molecule has 2 aliphatic heterocycles. The van der Waals surface area contributed by atoms with Crippen LogP contribution in [-0.4, -0.2) is 58.6 Å². The molecule has 0 amide bonds. The van der Waals surface area contributed by atoms with Gasteiger partial charge in [0, 0.05) is 51.4 Å². The number of aliphatic imine (C=N–C) groups is 1. The Kier molecular flexibility index (Phi) is 7.78. The zero-order chi connectivity index (χ0) is 20.7. The van der Waals surface area contributed by atoms with Crippen LogP contribution in [0, 0.1) is 11.3 Å². The molecule has 2 N–H and O–H groups in total. The van der Waals surface area contributed by atoms with Gasteiger partial charge in [0.1, 0.15) is 0 Å². The predicted molar refractivity (Wildman–Crippen MR) is 120 cm³/mol. The van der Waals surface area contributed by atoms with Crippen molar-refractivity contribution in [3.05, 3.63) is 29.8 Å². The molecule has 2 unspecified atom stereocenters. The van der Waals surface area contributed by atoms with E-state index in [-0.39, 0.29) is 11.5 Å². The van der Waals surface area contributed by atoms with Crippen LogP contribution in [0.5, 0.6) is 0 Å². The van der Waals surface area contributed by atoms with Gasteiger partial charge in [-0.2, -0.15) is 0 Å². The van der Waals surface area contributed by atoms with Crippen molar-refractivity contribution in [1.82, 2.24) is 10.6 Å². The second kappa shape index (κ2) is 10.3. The first-order valence-electron chi connectivity index (χ1n) is 11.0. The Labute approximate surface area is 176 Å². The van der Waals surface area contributed by atoms with Crippen molar-refractivity contribution in [2.75, 3.05) is 51.4 Å². The van der Waals surface area contributed by atoms with Gasteiger partial charge < -0.3 is 25.0 Å². The molecule has 0 aliphatic carbocycles. The van der Waals surface area contributed by atoms with Gasteiger partial charge in [-0.25, -0.2) is 0 Å². The molecule has 1 aromatic carbocycles. The Bertz CT molecular complexity index is 665. The average Bonchev–Trinajstić information content (AvgIpc) is 2.74. The van der Waals surface area contributed by atoms with Crippen molar-refractivity contribution < 1.29 is 9.47 Å². The highest BCUT2D eigenvalue weighted by atomic mass is 16.5. The first-order valence-corrected chi connectivity index (χ1v) is 11.0. The highest BCUT2D eigenvalue weighted by Crippen LogP contribution is 2.33. The van der Waals surface area contributed by atoms with Crippen molar-refractivity contribution in [3.63, 3.8) is 0 Å². The fourth-order valence-corrected chi connectivity index (χ4v) is 4.41. The average molecular weight is 403 g/mol. The fourth-order valence-electron chi connectivity index (χ4n) is 4.41. The molecule has 2 fully saturated rings. The highest BCUT2D eigenvalue weighted by molar-refractivity contribution is 5.79. The molecule has 2 saturated heterocycles. The van der Waals surface area contributed by atoms with Gasteiger partial charge in [0.2, 0.25) is 0 Å². The highest BCUT2D eigenvalue weighted by Gasteiger charge is 2.35. The Morgan fingerprint density at radius 3 is 2.62 bits per heavy atom. The maximum atomic E-state index is 6.12. The van der Waals surface area contributed by atoms with Crippen LogP contribution in [0.2, 0.25) is 0 Å². The third-order valence-electron chi connectivity index (χ3n) is 5.84. The molecule has 2 aliphatic rings. The number of ether oxygens (including phenoxy) is 2. The Hall–Kier alpha value is -1.79. The Morgan fingerprint density at radius 1 is 1.14 bits per heavy atom. The number of para-hydroxylation sites is 1. The van der Waals surface area contributed by atoms with Gasteiger partial charge in [-0.05, 0) is 29.9 Å². The summed E-state index contributed by atoms with van der Waals surface area (Å²) in [6.45, 7) is 12.8. The molecule has 0 aromatic heterocycles. The van der Waals surface area contributed by atoms with Gasteiger partial charge in [0.15, 0.2) is 5.96 Å². The van der Waals surface area contributed by atoms with E-state index in [1.807, 2.05) is 7.05 Å². The van der Waals surface area contributed by atoms with Gasteiger partial charge in [-0.1, -0.05) is 39.0 Å². The van der Waals surface area contributed by atoms with E-state index in [4.69, 9.17) is 9.47 Å². The van der Waals surface area contributed by atoms with Crippen molar-refractivity contribution in [1.29, 1.82) is 0 Å². The van der Waals surface area contributed by atoms with Crippen LogP contribution in [0.4, 0.5) is 5.69 Å². The topological polar surface area (TPSA) is 58.1 Å². The number of benzene rings is 1. The quantitative estimate of drug-likeness (QED) is 0.586. The molecule has 1 aromatic rings. The SMILES string of the molecule is CN=C(NCc1ccccc1N1CCOCC1)NCC1CCCOC1C(C)(C)C. The summed E-state index contributed by atoms with van der Waals surface area (Å²) in [4.78, 5) is 6.84. The summed E-state index contributed by atoms with van der Waals surface area (Å²) < 4.78 is 11.6. The minimum atomic E-state index is 0.154. The summed E-state index contributed by atoms with van der Waals surface area (Å²) >= 11 is 0. The number of nitrogens with one attached hydrogen (secondary N) is 2. The second-order valence-corrected chi connectivity index (χ2v) is 9.09. The summed E-state index contributed by atoms with van der Waals surface area (Å²) in [6.07, 6.45) is 2.62. The summed E-state index contributed by atoms with van der Waals surface area (Å²) in [7, 11) is 1.84. The second-order valence-electron chi connectivity index (χ2n) is 9.09. The van der Waals surface area contributed by atoms with E-state index in [9.17, 15) is 0 Å². The van der Waals surface area contributed by atoms with Crippen LogP contribution in [-0.2, 0) is 16.0 Å². The molecular formula is C23H38N4O2. The molecule has 6 heteroatoms. The third kappa shape index (κ3) is 6.09. The number of hydrogen-bond donors (Lipinski definition) is 2. The monoisotopic (exact) mass is 402 g/mol. The van der Waals surface area contributed by atoms with E-state index in [1.165, 1.54) is 17.7 Å². The van der Waals surface area contributed by atoms with Crippen molar-refractivity contribution in [2.45, 2.75) is 46.3 Å². The van der Waals surface area contributed by atoms with Crippen LogP contribution in [0.3, 0.4) is 0 Å². The molecule has 0 saturated carbocycles. The maximum Gasteiger partial charge on any atom is 0.191 e. The summed E-state index contributed by atoms with van der Waals surface area (Å²) in [5.41, 5.74) is 2.72. The molecule has 3 rings (SSSR count). The lowest BCUT2D eigenvalue weighted by molar-refractivity contribution is -0.0835. The molecule has 6 nitrogen and oxygen atoms in total. The molecular weight excluding hydrogens is 364 g/mol. The summed E-state index contributed by atoms with van der Waals surface area (Å²) in [5.74, 6) is 1.35. The molecule has 29 heavy (non-hydrogen) atoms. The number of guanidine groups is 1. The largest absolute Gasteiger partial charge is 0.378 e. The first-order chi connectivity index (χ1) is 14.0. The minimum Gasteiger partial charge on any atom is -0.378 e. The molecule has 0 radical (unpaired) electrons. The minimum absolute atomic E-state index is 0.154. The van der Waals surface area contributed by atoms with E-state index in [2.05, 4.69) is 65.6 Å². The van der Waals surface area contributed by atoms with Crippen LogP contribution in [0.25, 0.3) is 0 Å². The van der Waals surface area contributed by atoms with Crippen LogP contribution < -0.4 is 15.5 Å². The Balaban J connectivity index is 1.56. The van der Waals surface area contributed by atoms with Crippen LogP contribution in [0.1, 0.15) is 39.2 Å². The zero-order valence-corrected chi connectivity index (χ0v) is 18.5. The lowest BCUT2D eigenvalue weighted by Crippen LogP contribution is -2.47. The fraction of sp³-hybridized carbons (Fsp3) is 0.696. The summed E-state index contributed by atoms with van der Waals surface area (Å²) in [6, 6.07) is 8.60. The smallest absolute Gasteiger partial charge is 0.191 e. The van der Waals surface area contributed by atoms with Crippen LogP contribution in [0.15, 0.2) is 29.3 Å². The normalized spacial score (nSPS) is 23.7. The lowest BCUT2D eigenvalue weighted by atomic mass is 9.78. The number of rotatable bonds is 5. The molecule has 162 valence electrons. The molecule has 2 atom stereocenters. The number of anilines is 1. The lowest BCUT2D eigenvalue weighted by Gasteiger charge is -2.40. The van der Waals surface area contributed by atoms with Gasteiger partial charge in [-0.3, -0.25) is 4.99 Å². The number of morpholine rings is 1. The third-order valence-corrected chi connectivity index (χ3v) is 5.84. The maximum absolute atomic E-state index is 6.12. The van der Waals surface area contributed by atoms with Crippen molar-refractivity contribution >= 4 is 11.6 Å². The first kappa shape index (κ1) is 21.9. The predicted octanol–water partition coefficient (Wildman–Crippen LogP) is 3.03. The standard InChI is InChI=1S/C23H38N4O2/c1-23(2,3)21-19(9-7-13-29-21)17-26-22(24-4)25-16-18-8-5-6-10-20(18)27-11-14-28-15-12-27/h5-6,8,10,19,21H,7,9,11-17H2,1-4H3,(H2,24,25,26). The van der Waals surface area contributed by atoms with E-state index >= 15 is 0 Å². The van der Waals surface area contributed by atoms with Gasteiger partial charge in [-0.15, -0.1) is 0 Å².